The van der Waals surface area contributed by atoms with Crippen molar-refractivity contribution in [1.82, 2.24) is 0 Å². The Balaban J connectivity index is 1.87. The van der Waals surface area contributed by atoms with Gasteiger partial charge in [-0.3, -0.25) is 14.4 Å². The van der Waals surface area contributed by atoms with Crippen molar-refractivity contribution in [3.8, 4) is 0 Å². The summed E-state index contributed by atoms with van der Waals surface area (Å²) >= 11 is 1.32. The maximum Gasteiger partial charge on any atom is 0.329 e. The normalized spacial score (nSPS) is 26.7. The lowest BCUT2D eigenvalue weighted by atomic mass is 9.67. The number of hydrogen-bond acceptors (Lipinski definition) is 8. The maximum atomic E-state index is 14.1. The van der Waals surface area contributed by atoms with E-state index in [0.717, 1.165) is 10.5 Å². The van der Waals surface area contributed by atoms with E-state index in [2.05, 4.69) is 0 Å². The number of aryl methyl sites for hydroxylation is 1. The Morgan fingerprint density at radius 2 is 1.56 bits per heavy atom. The quantitative estimate of drug-likeness (QED) is 0.509. The highest BCUT2D eigenvalue weighted by molar-refractivity contribution is 8.01. The molecule has 32 heavy (non-hydrogen) atoms. The molecule has 3 atom stereocenters. The van der Waals surface area contributed by atoms with E-state index < -0.39 is 45.8 Å². The van der Waals surface area contributed by atoms with Gasteiger partial charge in [-0.05, 0) is 31.5 Å². The standard InChI is InChI=1S/C24H21NO6S/c1-12-9-10-16-15(11-12)25-18(22(29)31-4)17(21(28)30-3)24(23(25,2)32-16)19(26)13-7-5-6-8-14(13)20(24)27/h5-11,17-18H,1-4H3/t17-,18-,23?/m0/s1. The second-order valence-corrected chi connectivity index (χ2v) is 9.85. The molecule has 5 rings (SSSR count). The lowest BCUT2D eigenvalue weighted by Gasteiger charge is -2.39. The molecule has 2 aromatic rings. The van der Waals surface area contributed by atoms with Gasteiger partial charge in [0.05, 0.1) is 19.9 Å². The van der Waals surface area contributed by atoms with Gasteiger partial charge < -0.3 is 14.4 Å². The minimum atomic E-state index is -1.85. The van der Waals surface area contributed by atoms with Crippen molar-refractivity contribution in [3.63, 3.8) is 0 Å². The molecule has 164 valence electrons. The maximum absolute atomic E-state index is 14.1. The van der Waals surface area contributed by atoms with Crippen LogP contribution >= 0.6 is 11.8 Å². The lowest BCUT2D eigenvalue weighted by molar-refractivity contribution is -0.154. The molecule has 1 spiro atoms. The number of fused-ring (bicyclic) bond motifs is 5. The molecule has 1 fully saturated rings. The first-order chi connectivity index (χ1) is 15.2. The first-order valence-corrected chi connectivity index (χ1v) is 11.0. The monoisotopic (exact) mass is 451 g/mol. The first kappa shape index (κ1) is 20.8. The molecule has 0 amide bonds. The molecule has 1 aliphatic carbocycles. The van der Waals surface area contributed by atoms with Crippen LogP contribution in [0.2, 0.25) is 0 Å². The Morgan fingerprint density at radius 3 is 2.12 bits per heavy atom. The highest BCUT2D eigenvalue weighted by Crippen LogP contribution is 2.69. The molecule has 0 radical (unpaired) electrons. The molecule has 2 aromatic carbocycles. The lowest BCUT2D eigenvalue weighted by Crippen LogP contribution is -2.56. The number of ketones is 2. The first-order valence-electron chi connectivity index (χ1n) is 10.2. The van der Waals surface area contributed by atoms with Crippen molar-refractivity contribution in [3.05, 3.63) is 59.2 Å². The number of benzene rings is 2. The van der Waals surface area contributed by atoms with Crippen molar-refractivity contribution in [2.45, 2.75) is 29.7 Å². The van der Waals surface area contributed by atoms with Crippen molar-refractivity contribution < 1.29 is 28.7 Å². The van der Waals surface area contributed by atoms with Crippen LogP contribution in [0.5, 0.6) is 0 Å². The van der Waals surface area contributed by atoms with E-state index in [4.69, 9.17) is 9.47 Å². The van der Waals surface area contributed by atoms with Crippen molar-refractivity contribution in [1.29, 1.82) is 0 Å². The Hall–Kier alpha value is -3.13. The van der Waals surface area contributed by atoms with Crippen LogP contribution < -0.4 is 4.90 Å². The predicted molar refractivity (Wildman–Crippen MR) is 117 cm³/mol. The predicted octanol–water partition coefficient (Wildman–Crippen LogP) is 3.03. The van der Waals surface area contributed by atoms with E-state index >= 15 is 0 Å². The summed E-state index contributed by atoms with van der Waals surface area (Å²) in [7, 11) is 2.42. The van der Waals surface area contributed by atoms with Crippen molar-refractivity contribution >= 4 is 41.0 Å². The minimum absolute atomic E-state index is 0.255. The van der Waals surface area contributed by atoms with Crippen LogP contribution in [0.4, 0.5) is 5.69 Å². The summed E-state index contributed by atoms with van der Waals surface area (Å²) in [6, 6.07) is 11.1. The van der Waals surface area contributed by atoms with Gasteiger partial charge in [-0.15, -0.1) is 0 Å². The summed E-state index contributed by atoms with van der Waals surface area (Å²) in [4.78, 5) is 55.8. The van der Waals surface area contributed by atoms with E-state index in [0.29, 0.717) is 5.69 Å². The average molecular weight is 452 g/mol. The van der Waals surface area contributed by atoms with Crippen LogP contribution in [0.15, 0.2) is 47.4 Å². The van der Waals surface area contributed by atoms with E-state index in [9.17, 15) is 19.2 Å². The van der Waals surface area contributed by atoms with Gasteiger partial charge in [-0.2, -0.15) is 0 Å². The third-order valence-corrected chi connectivity index (χ3v) is 8.45. The second kappa shape index (κ2) is 6.68. The summed E-state index contributed by atoms with van der Waals surface area (Å²) in [5, 5.41) is 0. The second-order valence-electron chi connectivity index (χ2n) is 8.41. The van der Waals surface area contributed by atoms with E-state index in [1.165, 1.54) is 26.0 Å². The fourth-order valence-corrected chi connectivity index (χ4v) is 7.27. The Bertz CT molecular complexity index is 1190. The van der Waals surface area contributed by atoms with Crippen LogP contribution in [0, 0.1) is 18.3 Å². The summed E-state index contributed by atoms with van der Waals surface area (Å²) < 4.78 is 10.2. The number of esters is 2. The zero-order chi connectivity index (χ0) is 23.0. The molecule has 3 aliphatic rings. The third-order valence-electron chi connectivity index (χ3n) is 6.96. The SMILES string of the molecule is COC(=O)[C@@H]1[C@@H](C(=O)OC)C2(C(=O)c3ccccc3C2=O)C2(C)Sc3ccc(C)cc3N12. The molecule has 2 heterocycles. The number of thioether (sulfide) groups is 1. The number of anilines is 1. The van der Waals surface area contributed by atoms with Crippen LogP contribution in [0.25, 0.3) is 0 Å². The molecule has 1 unspecified atom stereocenters. The van der Waals surface area contributed by atoms with Crippen LogP contribution in [-0.4, -0.2) is 48.6 Å². The average Bonchev–Trinajstić information content (AvgIpc) is 3.30. The number of carbonyl (C=O) groups excluding carboxylic acids is 4. The molecular formula is C24H21NO6S. The molecule has 7 nitrogen and oxygen atoms in total. The molecule has 2 aliphatic heterocycles. The van der Waals surface area contributed by atoms with Crippen LogP contribution in [-0.2, 0) is 19.1 Å². The summed E-state index contributed by atoms with van der Waals surface area (Å²) in [6.07, 6.45) is 0. The van der Waals surface area contributed by atoms with Crippen LogP contribution in [0.3, 0.4) is 0 Å². The number of nitrogens with zero attached hydrogens (tertiary/aromatic N) is 1. The van der Waals surface area contributed by atoms with Crippen molar-refractivity contribution in [2.24, 2.45) is 11.3 Å². The Kier molecular flexibility index (Phi) is 4.33. The van der Waals surface area contributed by atoms with Gasteiger partial charge in [-0.25, -0.2) is 4.79 Å². The zero-order valence-corrected chi connectivity index (χ0v) is 18.8. The number of carbonyl (C=O) groups is 4. The number of rotatable bonds is 2. The van der Waals surface area contributed by atoms with E-state index in [-0.39, 0.29) is 11.1 Å². The van der Waals surface area contributed by atoms with Gasteiger partial charge in [0.1, 0.15) is 22.2 Å². The van der Waals surface area contributed by atoms with Crippen LogP contribution in [0.1, 0.15) is 33.2 Å². The number of methoxy groups -OCH3 is 2. The van der Waals surface area contributed by atoms with E-state index in [1.54, 1.807) is 36.1 Å². The Labute approximate surface area is 189 Å². The van der Waals surface area contributed by atoms with Gasteiger partial charge in [0.25, 0.3) is 0 Å². The molecule has 8 heteroatoms. The third kappa shape index (κ3) is 2.18. The molecule has 0 N–H and O–H groups in total. The number of hydrogen-bond donors (Lipinski definition) is 0. The summed E-state index contributed by atoms with van der Waals surface area (Å²) in [6.45, 7) is 3.67. The van der Waals surface area contributed by atoms with Gasteiger partial charge in [0.2, 0.25) is 0 Å². The fourth-order valence-electron chi connectivity index (χ4n) is 5.66. The number of ether oxygens (including phenoxy) is 2. The molecule has 0 saturated carbocycles. The largest absolute Gasteiger partial charge is 0.469 e. The van der Waals surface area contributed by atoms with Gasteiger partial charge >= 0.3 is 11.9 Å². The smallest absolute Gasteiger partial charge is 0.329 e. The molecule has 0 aromatic heterocycles. The van der Waals surface area contributed by atoms with Gasteiger partial charge in [-0.1, -0.05) is 42.1 Å². The minimum Gasteiger partial charge on any atom is -0.469 e. The van der Waals surface area contributed by atoms with Crippen molar-refractivity contribution in [2.75, 3.05) is 19.1 Å². The highest BCUT2D eigenvalue weighted by atomic mass is 32.2. The molecular weight excluding hydrogens is 430 g/mol. The summed E-state index contributed by atoms with van der Waals surface area (Å²) in [5.74, 6) is -3.79. The summed E-state index contributed by atoms with van der Waals surface area (Å²) in [5.41, 5.74) is 0.298. The highest BCUT2D eigenvalue weighted by Gasteiger charge is 2.81. The zero-order valence-electron chi connectivity index (χ0n) is 18.0. The Morgan fingerprint density at radius 1 is 0.969 bits per heavy atom. The molecule has 1 saturated heterocycles. The fraction of sp³-hybridized carbons (Fsp3) is 0.333. The van der Waals surface area contributed by atoms with Gasteiger partial charge in [0.15, 0.2) is 11.6 Å². The topological polar surface area (TPSA) is 90.0 Å². The molecule has 0 bridgehead atoms. The number of Topliss-reactive ketones (excluding diaryl/α,β-unsaturated/α-hetero) is 2. The van der Waals surface area contributed by atoms with Gasteiger partial charge in [0, 0.05) is 16.0 Å². The van der Waals surface area contributed by atoms with E-state index in [1.807, 2.05) is 25.1 Å².